The number of benzene rings is 1. The molecule has 0 saturated carbocycles. The minimum atomic E-state index is -0.0833. The van der Waals surface area contributed by atoms with Crippen LogP contribution in [0.15, 0.2) is 70.1 Å². The van der Waals surface area contributed by atoms with E-state index in [0.29, 0.717) is 6.54 Å². The summed E-state index contributed by atoms with van der Waals surface area (Å²) in [4.78, 5) is 10.1. The van der Waals surface area contributed by atoms with Crippen LogP contribution >= 0.6 is 0 Å². The predicted octanol–water partition coefficient (Wildman–Crippen LogP) is 3.81. The Morgan fingerprint density at radius 3 is 2.92 bits per heavy atom. The summed E-state index contributed by atoms with van der Waals surface area (Å²) >= 11 is 0. The molecule has 4 aromatic rings. The van der Waals surface area contributed by atoms with Gasteiger partial charge in [0.05, 0.1) is 24.8 Å². The highest BCUT2D eigenvalue weighted by molar-refractivity contribution is 5.58. The van der Waals surface area contributed by atoms with Gasteiger partial charge in [0.2, 0.25) is 0 Å². The first-order valence-corrected chi connectivity index (χ1v) is 8.69. The van der Waals surface area contributed by atoms with Crippen molar-refractivity contribution in [2.45, 2.75) is 19.0 Å². The number of aromatic amines is 1. The van der Waals surface area contributed by atoms with Crippen molar-refractivity contribution < 1.29 is 8.94 Å². The van der Waals surface area contributed by atoms with E-state index in [4.69, 9.17) is 8.94 Å². The molecule has 4 heterocycles. The third-order valence-electron chi connectivity index (χ3n) is 4.83. The molecule has 1 atom stereocenters. The Hall–Kier alpha value is -3.12. The van der Waals surface area contributed by atoms with Crippen LogP contribution in [-0.4, -0.2) is 26.6 Å². The molecule has 1 aromatic carbocycles. The lowest BCUT2D eigenvalue weighted by atomic mass is 9.99. The number of fused-ring (bicyclic) bond motifs is 1. The van der Waals surface area contributed by atoms with Crippen LogP contribution < -0.4 is 0 Å². The summed E-state index contributed by atoms with van der Waals surface area (Å²) in [5.41, 5.74) is 4.03. The van der Waals surface area contributed by atoms with Crippen LogP contribution in [0.1, 0.15) is 29.0 Å². The number of nitrogens with one attached hydrogen (secondary N) is 1. The largest absolute Gasteiger partial charge is 0.468 e. The molecule has 3 aromatic heterocycles. The number of aromatic nitrogens is 3. The maximum atomic E-state index is 5.76. The summed E-state index contributed by atoms with van der Waals surface area (Å²) in [6.45, 7) is 1.59. The third kappa shape index (κ3) is 2.64. The van der Waals surface area contributed by atoms with Gasteiger partial charge in [-0.05, 0) is 12.1 Å². The summed E-state index contributed by atoms with van der Waals surface area (Å²) in [6, 6.07) is 15.9. The molecule has 5 rings (SSSR count). The number of hydrogen-bond donors (Lipinski definition) is 1. The molecule has 1 aliphatic heterocycles. The van der Waals surface area contributed by atoms with Crippen LogP contribution in [0.25, 0.3) is 11.3 Å². The molecule has 0 unspecified atom stereocenters. The normalized spacial score (nSPS) is 17.3. The molecule has 0 saturated heterocycles. The molecule has 0 radical (unpaired) electrons. The quantitative estimate of drug-likeness (QED) is 0.608. The van der Waals surface area contributed by atoms with E-state index in [9.17, 15) is 0 Å². The van der Waals surface area contributed by atoms with Gasteiger partial charge in [-0.1, -0.05) is 35.5 Å². The minimum absolute atomic E-state index is 0.0833. The van der Waals surface area contributed by atoms with E-state index in [0.717, 1.165) is 47.1 Å². The topological polar surface area (TPSA) is 71.1 Å². The third-order valence-corrected chi connectivity index (χ3v) is 4.83. The fraction of sp³-hybridized carbons (Fsp3) is 0.200. The number of imidazole rings is 1. The summed E-state index contributed by atoms with van der Waals surface area (Å²) in [5.74, 6) is 1.72. The Morgan fingerprint density at radius 2 is 2.08 bits per heavy atom. The maximum absolute atomic E-state index is 5.76. The van der Waals surface area contributed by atoms with Gasteiger partial charge in [0, 0.05) is 30.3 Å². The van der Waals surface area contributed by atoms with Gasteiger partial charge >= 0.3 is 0 Å². The van der Waals surface area contributed by atoms with E-state index in [1.165, 1.54) is 0 Å². The maximum Gasteiger partial charge on any atom is 0.160 e. The highest BCUT2D eigenvalue weighted by Gasteiger charge is 2.34. The average molecular weight is 346 g/mol. The summed E-state index contributed by atoms with van der Waals surface area (Å²) in [6.07, 6.45) is 4.38. The second-order valence-electron chi connectivity index (χ2n) is 6.45. The first kappa shape index (κ1) is 15.2. The first-order valence-electron chi connectivity index (χ1n) is 8.69. The Morgan fingerprint density at radius 1 is 1.15 bits per heavy atom. The monoisotopic (exact) mass is 346 g/mol. The number of rotatable bonds is 4. The van der Waals surface area contributed by atoms with Crippen molar-refractivity contribution in [1.29, 1.82) is 0 Å². The van der Waals surface area contributed by atoms with Crippen LogP contribution in [0, 0.1) is 0 Å². The lowest BCUT2D eigenvalue weighted by Gasteiger charge is -2.32. The first-order chi connectivity index (χ1) is 12.9. The van der Waals surface area contributed by atoms with E-state index >= 15 is 0 Å². The van der Waals surface area contributed by atoms with Crippen molar-refractivity contribution in [3.8, 4) is 11.3 Å². The van der Waals surface area contributed by atoms with Gasteiger partial charge < -0.3 is 13.9 Å². The molecule has 0 aliphatic carbocycles. The second-order valence-corrected chi connectivity index (χ2v) is 6.45. The fourth-order valence-corrected chi connectivity index (χ4v) is 3.58. The molecule has 26 heavy (non-hydrogen) atoms. The Labute approximate surface area is 150 Å². The second kappa shape index (κ2) is 6.31. The minimum Gasteiger partial charge on any atom is -0.468 e. The predicted molar refractivity (Wildman–Crippen MR) is 95.2 cm³/mol. The molecule has 0 spiro atoms. The molecule has 6 heteroatoms. The lowest BCUT2D eigenvalue weighted by Crippen LogP contribution is -2.35. The van der Waals surface area contributed by atoms with Crippen molar-refractivity contribution in [3.63, 3.8) is 0 Å². The van der Waals surface area contributed by atoms with Gasteiger partial charge in [-0.15, -0.1) is 0 Å². The van der Waals surface area contributed by atoms with Crippen LogP contribution in [0.2, 0.25) is 0 Å². The van der Waals surface area contributed by atoms with Crippen molar-refractivity contribution in [1.82, 2.24) is 20.0 Å². The average Bonchev–Trinajstić information content (AvgIpc) is 3.44. The van der Waals surface area contributed by atoms with E-state index in [1.807, 2.05) is 48.5 Å². The van der Waals surface area contributed by atoms with Gasteiger partial charge in [0.15, 0.2) is 5.76 Å². The number of furan rings is 1. The van der Waals surface area contributed by atoms with Crippen molar-refractivity contribution in [2.75, 3.05) is 6.54 Å². The number of H-pyrrole nitrogens is 1. The van der Waals surface area contributed by atoms with Crippen LogP contribution in [0.4, 0.5) is 0 Å². The molecule has 1 N–H and O–H groups in total. The van der Waals surface area contributed by atoms with E-state index in [2.05, 4.69) is 20.0 Å². The Kier molecular flexibility index (Phi) is 3.68. The fourth-order valence-electron chi connectivity index (χ4n) is 3.58. The zero-order valence-electron chi connectivity index (χ0n) is 14.1. The summed E-state index contributed by atoms with van der Waals surface area (Å²) in [7, 11) is 0. The van der Waals surface area contributed by atoms with Gasteiger partial charge in [-0.25, -0.2) is 4.98 Å². The lowest BCUT2D eigenvalue weighted by molar-refractivity contribution is 0.159. The SMILES string of the molecule is c1ccc(-c2cc([C@H]3c4nc[nH]c4CCN3Cc3ccco3)on2)cc1. The van der Waals surface area contributed by atoms with Crippen LogP contribution in [-0.2, 0) is 13.0 Å². The highest BCUT2D eigenvalue weighted by Crippen LogP contribution is 2.36. The molecule has 0 bridgehead atoms. The van der Waals surface area contributed by atoms with Crippen molar-refractivity contribution in [3.05, 3.63) is 84.0 Å². The molecule has 0 fully saturated rings. The van der Waals surface area contributed by atoms with Crippen LogP contribution in [0.5, 0.6) is 0 Å². The van der Waals surface area contributed by atoms with Gasteiger partial charge in [0.1, 0.15) is 17.5 Å². The summed E-state index contributed by atoms with van der Waals surface area (Å²) in [5, 5.41) is 4.29. The van der Waals surface area contributed by atoms with Gasteiger partial charge in [-0.3, -0.25) is 4.90 Å². The van der Waals surface area contributed by atoms with E-state index in [-0.39, 0.29) is 6.04 Å². The zero-order chi connectivity index (χ0) is 17.3. The molecule has 6 nitrogen and oxygen atoms in total. The van der Waals surface area contributed by atoms with Crippen molar-refractivity contribution >= 4 is 0 Å². The number of hydrogen-bond acceptors (Lipinski definition) is 5. The van der Waals surface area contributed by atoms with Gasteiger partial charge in [-0.2, -0.15) is 0 Å². The molecule has 130 valence electrons. The van der Waals surface area contributed by atoms with E-state index in [1.54, 1.807) is 12.6 Å². The van der Waals surface area contributed by atoms with Crippen LogP contribution in [0.3, 0.4) is 0 Å². The summed E-state index contributed by atoms with van der Waals surface area (Å²) < 4.78 is 11.3. The standard InChI is InChI=1S/C20H18N4O2/c1-2-5-14(6-3-1)17-11-18(26-23-17)20-19-16(21-13-22-19)8-9-24(20)12-15-7-4-10-25-15/h1-7,10-11,13,20H,8-9,12H2,(H,21,22)/t20-/m0/s1. The van der Waals surface area contributed by atoms with E-state index < -0.39 is 0 Å². The van der Waals surface area contributed by atoms with Crippen molar-refractivity contribution in [2.24, 2.45) is 0 Å². The Balaban J connectivity index is 1.52. The molecular weight excluding hydrogens is 328 g/mol. The molecule has 0 amide bonds. The number of nitrogens with zero attached hydrogens (tertiary/aromatic N) is 3. The Bertz CT molecular complexity index is 988. The molecular formula is C20H18N4O2. The highest BCUT2D eigenvalue weighted by atomic mass is 16.5. The molecule has 1 aliphatic rings. The smallest absolute Gasteiger partial charge is 0.160 e. The zero-order valence-corrected chi connectivity index (χ0v) is 14.1. The van der Waals surface area contributed by atoms with Gasteiger partial charge in [0.25, 0.3) is 0 Å².